The molecule has 0 radical (unpaired) electrons. The van der Waals surface area contributed by atoms with Gasteiger partial charge in [0.15, 0.2) is 0 Å². The smallest absolute Gasteiger partial charge is 0.0813 e. The minimum absolute atomic E-state index is 0.633. The summed E-state index contributed by atoms with van der Waals surface area (Å²) in [5, 5.41) is 3.70. The normalized spacial score (nSPS) is 28.4. The highest BCUT2D eigenvalue weighted by Crippen LogP contribution is 2.31. The van der Waals surface area contributed by atoms with E-state index in [2.05, 4.69) is 42.3 Å². The maximum Gasteiger partial charge on any atom is 0.0813 e. The zero-order chi connectivity index (χ0) is 12.5. The van der Waals surface area contributed by atoms with Gasteiger partial charge < -0.3 is 5.32 Å². The summed E-state index contributed by atoms with van der Waals surface area (Å²) in [6.45, 7) is 4.74. The van der Waals surface area contributed by atoms with Crippen molar-refractivity contribution in [3.05, 3.63) is 23.7 Å². The fourth-order valence-electron chi connectivity index (χ4n) is 3.25. The number of hydrogen-bond acceptors (Lipinski definition) is 3. The molecule has 1 fully saturated rings. The average Bonchev–Trinajstić information content (AvgIpc) is 2.74. The van der Waals surface area contributed by atoms with Crippen LogP contribution in [0.3, 0.4) is 0 Å². The van der Waals surface area contributed by atoms with E-state index in [4.69, 9.17) is 0 Å². The Bertz CT molecular complexity index is 524. The standard InChI is InChI=1S/C15H20N2S/c1-10-5-11(2)7-13(6-10)17-12-3-4-14-15(8-12)18-9-16-14/h3-4,8-11,13,17H,5-7H2,1-2H3. The van der Waals surface area contributed by atoms with Gasteiger partial charge in [0, 0.05) is 11.7 Å². The van der Waals surface area contributed by atoms with Crippen LogP contribution in [0, 0.1) is 11.8 Å². The molecule has 0 spiro atoms. The van der Waals surface area contributed by atoms with Crippen LogP contribution in [0.2, 0.25) is 0 Å². The minimum atomic E-state index is 0.633. The molecule has 0 amide bonds. The van der Waals surface area contributed by atoms with Gasteiger partial charge in [-0.1, -0.05) is 13.8 Å². The average molecular weight is 260 g/mol. The van der Waals surface area contributed by atoms with Crippen molar-refractivity contribution in [2.75, 3.05) is 5.32 Å². The number of rotatable bonds is 2. The molecule has 3 rings (SSSR count). The number of nitrogens with zero attached hydrogens (tertiary/aromatic N) is 1. The highest BCUT2D eigenvalue weighted by atomic mass is 32.1. The van der Waals surface area contributed by atoms with Gasteiger partial charge in [-0.2, -0.15) is 0 Å². The number of fused-ring (bicyclic) bond motifs is 1. The Morgan fingerprint density at radius 2 is 1.94 bits per heavy atom. The molecule has 1 heterocycles. The second-order valence-corrected chi connectivity index (χ2v) is 6.68. The molecular weight excluding hydrogens is 240 g/mol. The van der Waals surface area contributed by atoms with Crippen LogP contribution in [0.1, 0.15) is 33.1 Å². The van der Waals surface area contributed by atoms with Crippen LogP contribution >= 0.6 is 11.3 Å². The predicted octanol–water partition coefficient (Wildman–Crippen LogP) is 4.53. The molecule has 96 valence electrons. The van der Waals surface area contributed by atoms with Crippen LogP contribution in [0.4, 0.5) is 5.69 Å². The van der Waals surface area contributed by atoms with Crippen molar-refractivity contribution in [1.82, 2.24) is 4.98 Å². The van der Waals surface area contributed by atoms with Gasteiger partial charge in [-0.3, -0.25) is 0 Å². The van der Waals surface area contributed by atoms with Gasteiger partial charge in [-0.15, -0.1) is 11.3 Å². The van der Waals surface area contributed by atoms with Crippen LogP contribution in [0.5, 0.6) is 0 Å². The third-order valence-electron chi connectivity index (χ3n) is 3.88. The summed E-state index contributed by atoms with van der Waals surface area (Å²) in [6.07, 6.45) is 3.97. The lowest BCUT2D eigenvalue weighted by Gasteiger charge is -2.32. The Morgan fingerprint density at radius 1 is 1.17 bits per heavy atom. The molecule has 0 aliphatic heterocycles. The van der Waals surface area contributed by atoms with Crippen LogP contribution in [-0.2, 0) is 0 Å². The van der Waals surface area contributed by atoms with E-state index in [1.54, 1.807) is 11.3 Å². The largest absolute Gasteiger partial charge is 0.382 e. The molecular formula is C15H20N2S. The van der Waals surface area contributed by atoms with E-state index in [0.29, 0.717) is 6.04 Å². The molecule has 1 aliphatic carbocycles. The van der Waals surface area contributed by atoms with E-state index < -0.39 is 0 Å². The summed E-state index contributed by atoms with van der Waals surface area (Å²) in [7, 11) is 0. The summed E-state index contributed by atoms with van der Waals surface area (Å²) in [5.41, 5.74) is 4.27. The van der Waals surface area contributed by atoms with E-state index in [0.717, 1.165) is 17.4 Å². The van der Waals surface area contributed by atoms with Gasteiger partial charge in [0.25, 0.3) is 0 Å². The zero-order valence-electron chi connectivity index (χ0n) is 11.0. The highest BCUT2D eigenvalue weighted by molar-refractivity contribution is 7.16. The van der Waals surface area contributed by atoms with Gasteiger partial charge in [0.2, 0.25) is 0 Å². The summed E-state index contributed by atoms with van der Waals surface area (Å²) in [5.74, 6) is 1.69. The monoisotopic (exact) mass is 260 g/mol. The predicted molar refractivity (Wildman–Crippen MR) is 79.2 cm³/mol. The van der Waals surface area contributed by atoms with E-state index in [1.165, 1.54) is 29.6 Å². The first-order valence-electron chi connectivity index (χ1n) is 6.80. The van der Waals surface area contributed by atoms with E-state index in [1.807, 2.05) is 5.51 Å². The Morgan fingerprint density at radius 3 is 2.72 bits per heavy atom. The van der Waals surface area contributed by atoms with Crippen molar-refractivity contribution in [1.29, 1.82) is 0 Å². The maximum atomic E-state index is 4.32. The lowest BCUT2D eigenvalue weighted by Crippen LogP contribution is -2.30. The molecule has 1 aromatic heterocycles. The maximum absolute atomic E-state index is 4.32. The first-order valence-corrected chi connectivity index (χ1v) is 7.68. The number of anilines is 1. The summed E-state index contributed by atoms with van der Waals surface area (Å²) >= 11 is 1.71. The molecule has 2 atom stereocenters. The molecule has 2 unspecified atom stereocenters. The second kappa shape index (κ2) is 4.88. The lowest BCUT2D eigenvalue weighted by atomic mass is 9.80. The summed E-state index contributed by atoms with van der Waals surface area (Å²) < 4.78 is 1.27. The molecule has 3 heteroatoms. The molecule has 0 bridgehead atoms. The van der Waals surface area contributed by atoms with Gasteiger partial charge in [0.05, 0.1) is 15.7 Å². The van der Waals surface area contributed by atoms with Crippen molar-refractivity contribution < 1.29 is 0 Å². The van der Waals surface area contributed by atoms with Crippen molar-refractivity contribution in [3.8, 4) is 0 Å². The lowest BCUT2D eigenvalue weighted by molar-refractivity contribution is 0.281. The Kier molecular flexibility index (Phi) is 3.25. The SMILES string of the molecule is CC1CC(C)CC(Nc2ccc3ncsc3c2)C1. The summed E-state index contributed by atoms with van der Waals surface area (Å²) in [4.78, 5) is 4.32. The molecule has 2 aromatic rings. The van der Waals surface area contributed by atoms with Gasteiger partial charge in [-0.05, 0) is 49.3 Å². The third-order valence-corrected chi connectivity index (χ3v) is 4.67. The molecule has 0 saturated heterocycles. The van der Waals surface area contributed by atoms with Crippen LogP contribution in [0.15, 0.2) is 23.7 Å². The van der Waals surface area contributed by atoms with Gasteiger partial charge in [-0.25, -0.2) is 4.98 Å². The number of aromatic nitrogens is 1. The van der Waals surface area contributed by atoms with Crippen LogP contribution < -0.4 is 5.32 Å². The van der Waals surface area contributed by atoms with Gasteiger partial charge in [0.1, 0.15) is 0 Å². The number of hydrogen-bond donors (Lipinski definition) is 1. The zero-order valence-corrected chi connectivity index (χ0v) is 11.8. The summed E-state index contributed by atoms with van der Waals surface area (Å²) in [6, 6.07) is 7.14. The van der Waals surface area contributed by atoms with Crippen molar-refractivity contribution in [2.24, 2.45) is 11.8 Å². The third kappa shape index (κ3) is 2.51. The molecule has 1 aromatic carbocycles. The molecule has 2 nitrogen and oxygen atoms in total. The minimum Gasteiger partial charge on any atom is -0.382 e. The van der Waals surface area contributed by atoms with Crippen molar-refractivity contribution >= 4 is 27.2 Å². The van der Waals surface area contributed by atoms with Crippen LogP contribution in [0.25, 0.3) is 10.2 Å². The Balaban J connectivity index is 1.74. The number of thiazole rings is 1. The number of benzene rings is 1. The van der Waals surface area contributed by atoms with E-state index in [9.17, 15) is 0 Å². The van der Waals surface area contributed by atoms with E-state index >= 15 is 0 Å². The molecule has 1 saturated carbocycles. The fourth-order valence-corrected chi connectivity index (χ4v) is 3.96. The van der Waals surface area contributed by atoms with Crippen molar-refractivity contribution in [3.63, 3.8) is 0 Å². The van der Waals surface area contributed by atoms with Crippen molar-refractivity contribution in [2.45, 2.75) is 39.2 Å². The fraction of sp³-hybridized carbons (Fsp3) is 0.533. The van der Waals surface area contributed by atoms with Gasteiger partial charge >= 0.3 is 0 Å². The van der Waals surface area contributed by atoms with Crippen LogP contribution in [-0.4, -0.2) is 11.0 Å². The second-order valence-electron chi connectivity index (χ2n) is 5.79. The first kappa shape index (κ1) is 12.0. The first-order chi connectivity index (χ1) is 8.70. The molecule has 1 N–H and O–H groups in total. The quantitative estimate of drug-likeness (QED) is 0.858. The Hall–Kier alpha value is -1.09. The van der Waals surface area contributed by atoms with E-state index in [-0.39, 0.29) is 0 Å². The molecule has 1 aliphatic rings. The highest BCUT2D eigenvalue weighted by Gasteiger charge is 2.23. The topological polar surface area (TPSA) is 24.9 Å². The molecule has 18 heavy (non-hydrogen) atoms. The number of nitrogens with one attached hydrogen (secondary N) is 1. The Labute approximate surface area is 112 Å².